The third-order valence-electron chi connectivity index (χ3n) is 4.74. The quantitative estimate of drug-likeness (QED) is 0.132. The van der Waals surface area contributed by atoms with Gasteiger partial charge in [-0.2, -0.15) is 0 Å². The second-order valence-corrected chi connectivity index (χ2v) is 7.35. The van der Waals surface area contributed by atoms with Gasteiger partial charge < -0.3 is 10.5 Å². The van der Waals surface area contributed by atoms with Crippen LogP contribution in [0.4, 0.5) is 0 Å². The summed E-state index contributed by atoms with van der Waals surface area (Å²) in [6, 6.07) is 0. The van der Waals surface area contributed by atoms with Gasteiger partial charge in [-0.05, 0) is 6.42 Å². The van der Waals surface area contributed by atoms with Gasteiger partial charge in [-0.3, -0.25) is 0 Å². The Morgan fingerprint density at radius 3 is 1.35 bits per heavy atom. The highest BCUT2D eigenvalue weighted by Crippen LogP contribution is 2.13. The zero-order valence-electron chi connectivity index (χ0n) is 17.7. The Morgan fingerprint density at radius 1 is 0.462 bits per heavy atom. The Morgan fingerprint density at radius 2 is 0.885 bits per heavy atom. The topological polar surface area (TPSA) is 53.7 Å². The van der Waals surface area contributed by atoms with Gasteiger partial charge in [-0.25, -0.2) is 9.78 Å². The molecule has 0 amide bonds. The summed E-state index contributed by atoms with van der Waals surface area (Å²) in [6.07, 6.45) is 22.2. The largest absolute Gasteiger partial charge is 0.378 e. The lowest BCUT2D eigenvalue weighted by atomic mass is 10.0. The number of ether oxygens (including phenoxy) is 1. The first-order valence-corrected chi connectivity index (χ1v) is 11.4. The smallest absolute Gasteiger partial charge is 0.106 e. The van der Waals surface area contributed by atoms with Crippen LogP contribution in [-0.4, -0.2) is 33.0 Å². The molecule has 0 saturated carbocycles. The molecule has 4 nitrogen and oxygen atoms in total. The molecule has 0 atom stereocenters. The van der Waals surface area contributed by atoms with Crippen LogP contribution >= 0.6 is 0 Å². The first kappa shape index (κ1) is 25.8. The van der Waals surface area contributed by atoms with Crippen LogP contribution in [0.3, 0.4) is 0 Å². The molecule has 0 aromatic carbocycles. The van der Waals surface area contributed by atoms with Gasteiger partial charge in [0.25, 0.3) is 0 Å². The molecule has 158 valence electrons. The maximum Gasteiger partial charge on any atom is 0.106 e. The first-order valence-electron chi connectivity index (χ1n) is 11.4. The van der Waals surface area contributed by atoms with Crippen LogP contribution in [0.5, 0.6) is 0 Å². The van der Waals surface area contributed by atoms with Crippen LogP contribution in [0.1, 0.15) is 110 Å². The summed E-state index contributed by atoms with van der Waals surface area (Å²) in [5.74, 6) is 0. The summed E-state index contributed by atoms with van der Waals surface area (Å²) in [5.41, 5.74) is 5.32. The lowest BCUT2D eigenvalue weighted by molar-refractivity contribution is -0.299. The van der Waals surface area contributed by atoms with Crippen LogP contribution in [-0.2, 0) is 14.5 Å². The Kier molecular flexibility index (Phi) is 24.7. The molecule has 0 aromatic heterocycles. The molecule has 2 N–H and O–H groups in total. The zero-order valence-corrected chi connectivity index (χ0v) is 17.7. The number of hydrogen-bond donors (Lipinski definition) is 1. The SMILES string of the molecule is CCCCCCCCCCCCCCCCCCOOCCOCCN. The third-order valence-corrected chi connectivity index (χ3v) is 4.74. The Balaban J connectivity index is 2.95. The molecule has 0 unspecified atom stereocenters. The highest BCUT2D eigenvalue weighted by molar-refractivity contribution is 4.49. The van der Waals surface area contributed by atoms with Crippen LogP contribution in [0.15, 0.2) is 0 Å². The summed E-state index contributed by atoms with van der Waals surface area (Å²) in [7, 11) is 0. The second kappa shape index (κ2) is 24.8. The Labute approximate surface area is 163 Å². The molecule has 0 saturated heterocycles. The molecule has 0 aliphatic carbocycles. The maximum absolute atomic E-state index is 5.32. The van der Waals surface area contributed by atoms with E-state index in [1.54, 1.807) is 0 Å². The summed E-state index contributed by atoms with van der Waals surface area (Å²) in [5, 5.41) is 0. The van der Waals surface area contributed by atoms with Crippen LogP contribution in [0, 0.1) is 0 Å². The van der Waals surface area contributed by atoms with Crippen molar-refractivity contribution in [3.63, 3.8) is 0 Å². The monoisotopic (exact) mass is 373 g/mol. The maximum atomic E-state index is 5.32. The van der Waals surface area contributed by atoms with Crippen molar-refractivity contribution in [2.75, 3.05) is 33.0 Å². The fourth-order valence-electron chi connectivity index (χ4n) is 3.11. The van der Waals surface area contributed by atoms with E-state index in [-0.39, 0.29) is 0 Å². The Bertz CT molecular complexity index is 215. The van der Waals surface area contributed by atoms with Crippen molar-refractivity contribution in [1.82, 2.24) is 0 Å². The highest BCUT2D eigenvalue weighted by atomic mass is 17.2. The average molecular weight is 374 g/mol. The zero-order chi connectivity index (χ0) is 19.0. The first-order chi connectivity index (χ1) is 12.9. The minimum atomic E-state index is 0.485. The molecule has 0 radical (unpaired) electrons. The van der Waals surface area contributed by atoms with Gasteiger partial charge in [0.05, 0.1) is 19.8 Å². The van der Waals surface area contributed by atoms with E-state index >= 15 is 0 Å². The van der Waals surface area contributed by atoms with Gasteiger partial charge >= 0.3 is 0 Å². The summed E-state index contributed by atoms with van der Waals surface area (Å²) < 4.78 is 5.19. The number of hydrogen-bond acceptors (Lipinski definition) is 4. The van der Waals surface area contributed by atoms with E-state index in [1.165, 1.54) is 96.3 Å². The molecule has 0 aromatic rings. The van der Waals surface area contributed by atoms with E-state index in [0.29, 0.717) is 33.0 Å². The molecule has 0 heterocycles. The normalized spacial score (nSPS) is 11.3. The van der Waals surface area contributed by atoms with E-state index in [1.807, 2.05) is 0 Å². The molecule has 4 heteroatoms. The van der Waals surface area contributed by atoms with E-state index in [4.69, 9.17) is 20.2 Å². The fourth-order valence-corrected chi connectivity index (χ4v) is 3.11. The van der Waals surface area contributed by atoms with Crippen LogP contribution in [0.25, 0.3) is 0 Å². The molecule has 0 rings (SSSR count). The predicted molar refractivity (Wildman–Crippen MR) is 111 cm³/mol. The standard InChI is InChI=1S/C22H47NO3/c1-2-3-4-5-6-7-8-9-10-11-12-13-14-15-16-17-19-25-26-22-21-24-20-18-23/h2-23H2,1H3. The number of unbranched alkanes of at least 4 members (excludes halogenated alkanes) is 15. The molecule has 0 bridgehead atoms. The molecule has 0 aliphatic heterocycles. The van der Waals surface area contributed by atoms with E-state index in [9.17, 15) is 0 Å². The molecule has 0 fully saturated rings. The second-order valence-electron chi connectivity index (χ2n) is 7.35. The van der Waals surface area contributed by atoms with E-state index in [2.05, 4.69) is 6.92 Å². The van der Waals surface area contributed by atoms with Gasteiger partial charge in [0.2, 0.25) is 0 Å². The van der Waals surface area contributed by atoms with Crippen molar-refractivity contribution in [2.24, 2.45) is 5.73 Å². The molecular formula is C22H47NO3. The molecule has 0 aliphatic rings. The summed E-state index contributed by atoms with van der Waals surface area (Å²) in [4.78, 5) is 10.2. The fraction of sp³-hybridized carbons (Fsp3) is 1.00. The van der Waals surface area contributed by atoms with Gasteiger partial charge in [-0.15, -0.1) is 0 Å². The van der Waals surface area contributed by atoms with Crippen molar-refractivity contribution in [2.45, 2.75) is 110 Å². The van der Waals surface area contributed by atoms with Crippen LogP contribution in [0.2, 0.25) is 0 Å². The third kappa shape index (κ3) is 23.8. The van der Waals surface area contributed by atoms with Crippen molar-refractivity contribution in [3.8, 4) is 0 Å². The van der Waals surface area contributed by atoms with Gasteiger partial charge in [0.1, 0.15) is 6.61 Å². The summed E-state index contributed by atoms with van der Waals surface area (Å²) in [6.45, 7) is 5.15. The van der Waals surface area contributed by atoms with Crippen molar-refractivity contribution < 1.29 is 14.5 Å². The van der Waals surface area contributed by atoms with Crippen molar-refractivity contribution in [3.05, 3.63) is 0 Å². The summed E-state index contributed by atoms with van der Waals surface area (Å²) >= 11 is 0. The Hall–Kier alpha value is -0.160. The lowest BCUT2D eigenvalue weighted by Crippen LogP contribution is -2.12. The van der Waals surface area contributed by atoms with Crippen molar-refractivity contribution in [1.29, 1.82) is 0 Å². The van der Waals surface area contributed by atoms with Gasteiger partial charge in [0.15, 0.2) is 0 Å². The highest BCUT2D eigenvalue weighted by Gasteiger charge is 1.95. The number of rotatable bonds is 23. The number of nitrogens with two attached hydrogens (primary N) is 1. The van der Waals surface area contributed by atoms with Crippen molar-refractivity contribution >= 4 is 0 Å². The average Bonchev–Trinajstić information content (AvgIpc) is 2.66. The molecule has 26 heavy (non-hydrogen) atoms. The van der Waals surface area contributed by atoms with Gasteiger partial charge in [0, 0.05) is 6.54 Å². The van der Waals surface area contributed by atoms with Gasteiger partial charge in [-0.1, -0.05) is 103 Å². The van der Waals surface area contributed by atoms with E-state index < -0.39 is 0 Å². The van der Waals surface area contributed by atoms with Crippen LogP contribution < -0.4 is 5.73 Å². The molecular weight excluding hydrogens is 326 g/mol. The minimum Gasteiger partial charge on any atom is -0.378 e. The lowest BCUT2D eigenvalue weighted by Gasteiger charge is -2.05. The predicted octanol–water partition coefficient (Wildman–Crippen LogP) is 6.17. The minimum absolute atomic E-state index is 0.485. The van der Waals surface area contributed by atoms with E-state index in [0.717, 1.165) is 6.42 Å². The molecule has 0 spiro atoms.